The van der Waals surface area contributed by atoms with Crippen LogP contribution < -0.4 is 5.43 Å². The number of hydrogen-bond acceptors (Lipinski definition) is 5. The van der Waals surface area contributed by atoms with Gasteiger partial charge in [0.2, 0.25) is 0 Å². The second-order valence-corrected chi connectivity index (χ2v) is 9.85. The number of carbonyl (C=O) groups excluding carboxylic acids is 1. The summed E-state index contributed by atoms with van der Waals surface area (Å²) in [7, 11) is 0. The molecule has 1 aromatic heterocycles. The Morgan fingerprint density at radius 2 is 1.78 bits per heavy atom. The predicted molar refractivity (Wildman–Crippen MR) is 133 cm³/mol. The summed E-state index contributed by atoms with van der Waals surface area (Å²) in [5, 5.41) is 14.2. The van der Waals surface area contributed by atoms with Crippen LogP contribution in [0.4, 0.5) is 0 Å². The molecule has 0 aliphatic heterocycles. The van der Waals surface area contributed by atoms with E-state index in [1.165, 1.54) is 23.5 Å². The predicted octanol–water partition coefficient (Wildman–Crippen LogP) is 5.81. The summed E-state index contributed by atoms with van der Waals surface area (Å²) in [6, 6.07) is 13.5. The van der Waals surface area contributed by atoms with Gasteiger partial charge < -0.3 is 4.57 Å². The highest BCUT2D eigenvalue weighted by molar-refractivity contribution is 7.99. The first kappa shape index (κ1) is 24.3. The highest BCUT2D eigenvalue weighted by atomic mass is 35.5. The molecule has 3 aromatic rings. The first-order chi connectivity index (χ1) is 15.2. The molecule has 1 N–H and O–H groups in total. The molecular weight excluding hydrogens is 465 g/mol. The van der Waals surface area contributed by atoms with Gasteiger partial charge in [-0.05, 0) is 30.0 Å². The Bertz CT molecular complexity index is 1100. The number of amides is 1. The molecule has 6 nitrogen and oxygen atoms in total. The van der Waals surface area contributed by atoms with Gasteiger partial charge in [0.15, 0.2) is 11.0 Å². The number of aromatic nitrogens is 3. The van der Waals surface area contributed by atoms with E-state index in [1.54, 1.807) is 18.2 Å². The van der Waals surface area contributed by atoms with Gasteiger partial charge in [0.25, 0.3) is 5.91 Å². The van der Waals surface area contributed by atoms with E-state index >= 15 is 0 Å². The molecule has 3 rings (SSSR count). The topological polar surface area (TPSA) is 72.2 Å². The molecule has 0 unspecified atom stereocenters. The minimum absolute atomic E-state index is 0.0883. The van der Waals surface area contributed by atoms with Crippen molar-refractivity contribution in [3.8, 4) is 11.4 Å². The second kappa shape index (κ2) is 10.5. The summed E-state index contributed by atoms with van der Waals surface area (Å²) >= 11 is 13.5. The molecule has 168 valence electrons. The van der Waals surface area contributed by atoms with Crippen LogP contribution in [0.5, 0.6) is 0 Å². The van der Waals surface area contributed by atoms with Gasteiger partial charge in [0.1, 0.15) is 0 Å². The molecule has 32 heavy (non-hydrogen) atoms. The lowest BCUT2D eigenvalue weighted by molar-refractivity contribution is -0.118. The Balaban J connectivity index is 1.64. The fraction of sp³-hybridized carbons (Fsp3) is 0.304. The van der Waals surface area contributed by atoms with E-state index in [4.69, 9.17) is 23.2 Å². The maximum absolute atomic E-state index is 12.2. The van der Waals surface area contributed by atoms with E-state index in [9.17, 15) is 4.79 Å². The number of thioether (sulfide) groups is 1. The van der Waals surface area contributed by atoms with Crippen LogP contribution in [0.25, 0.3) is 11.4 Å². The standard InChI is InChI=1S/C23H25Cl2N5OS/c1-5-30-21(15-9-11-16(12-10-15)23(2,3)4)28-29-22(30)32-14-20(31)27-26-13-17-18(24)7-6-8-19(17)25/h6-13H,5,14H2,1-4H3,(H,27,31)/b26-13-. The number of carbonyl (C=O) groups is 1. The molecule has 0 fully saturated rings. The summed E-state index contributed by atoms with van der Waals surface area (Å²) < 4.78 is 2.00. The fourth-order valence-corrected chi connectivity index (χ4v) is 4.27. The minimum Gasteiger partial charge on any atom is -0.302 e. The fourth-order valence-electron chi connectivity index (χ4n) is 2.98. The Kier molecular flexibility index (Phi) is 7.98. The molecule has 9 heteroatoms. The maximum atomic E-state index is 12.2. The number of rotatable bonds is 7. The summed E-state index contributed by atoms with van der Waals surface area (Å²) in [5.41, 5.74) is 5.38. The maximum Gasteiger partial charge on any atom is 0.250 e. The minimum atomic E-state index is -0.267. The lowest BCUT2D eigenvalue weighted by Gasteiger charge is -2.19. The smallest absolute Gasteiger partial charge is 0.250 e. The SMILES string of the molecule is CCn1c(SCC(=O)N/N=C\c2c(Cl)cccc2Cl)nnc1-c1ccc(C(C)(C)C)cc1. The highest BCUT2D eigenvalue weighted by Gasteiger charge is 2.17. The molecule has 0 radical (unpaired) electrons. The zero-order chi connectivity index (χ0) is 23.3. The average molecular weight is 490 g/mol. The summed E-state index contributed by atoms with van der Waals surface area (Å²) in [6.45, 7) is 9.27. The Labute approximate surface area is 202 Å². The zero-order valence-corrected chi connectivity index (χ0v) is 20.7. The van der Waals surface area contributed by atoms with Gasteiger partial charge in [-0.1, -0.05) is 86.1 Å². The number of hydrogen-bond donors (Lipinski definition) is 1. The lowest BCUT2D eigenvalue weighted by atomic mass is 9.87. The Morgan fingerprint density at radius 3 is 2.38 bits per heavy atom. The molecule has 1 heterocycles. The van der Waals surface area contributed by atoms with Crippen molar-refractivity contribution < 1.29 is 4.79 Å². The molecule has 0 aliphatic carbocycles. The molecule has 2 aromatic carbocycles. The average Bonchev–Trinajstić information content (AvgIpc) is 3.16. The van der Waals surface area contributed by atoms with Crippen molar-refractivity contribution >= 4 is 47.1 Å². The van der Waals surface area contributed by atoms with Crippen molar-refractivity contribution in [2.75, 3.05) is 5.75 Å². The molecule has 1 amide bonds. The van der Waals surface area contributed by atoms with E-state index in [0.29, 0.717) is 27.3 Å². The first-order valence-electron chi connectivity index (χ1n) is 10.1. The van der Waals surface area contributed by atoms with Crippen LogP contribution in [0.3, 0.4) is 0 Å². The van der Waals surface area contributed by atoms with Crippen molar-refractivity contribution in [1.29, 1.82) is 0 Å². The third kappa shape index (κ3) is 5.91. The van der Waals surface area contributed by atoms with Crippen LogP contribution in [0.1, 0.15) is 38.8 Å². The van der Waals surface area contributed by atoms with Gasteiger partial charge in [0.05, 0.1) is 22.0 Å². The van der Waals surface area contributed by atoms with Gasteiger partial charge in [0, 0.05) is 17.7 Å². The van der Waals surface area contributed by atoms with Crippen molar-refractivity contribution in [3.05, 3.63) is 63.6 Å². The zero-order valence-electron chi connectivity index (χ0n) is 18.4. The van der Waals surface area contributed by atoms with Crippen LogP contribution >= 0.6 is 35.0 Å². The summed E-state index contributed by atoms with van der Waals surface area (Å²) in [4.78, 5) is 12.2. The van der Waals surface area contributed by atoms with Gasteiger partial charge in [-0.3, -0.25) is 4.79 Å². The van der Waals surface area contributed by atoms with Gasteiger partial charge >= 0.3 is 0 Å². The van der Waals surface area contributed by atoms with Gasteiger partial charge in [-0.15, -0.1) is 10.2 Å². The highest BCUT2D eigenvalue weighted by Crippen LogP contribution is 2.27. The molecule has 0 aliphatic rings. The molecule has 0 atom stereocenters. The largest absolute Gasteiger partial charge is 0.302 e. The van der Waals surface area contributed by atoms with Crippen LogP contribution in [0.15, 0.2) is 52.7 Å². The van der Waals surface area contributed by atoms with Gasteiger partial charge in [-0.2, -0.15) is 5.10 Å². The van der Waals surface area contributed by atoms with Crippen LogP contribution in [0, 0.1) is 0 Å². The molecule has 0 saturated heterocycles. The van der Waals surface area contributed by atoms with Crippen LogP contribution in [0.2, 0.25) is 10.0 Å². The Morgan fingerprint density at radius 1 is 1.12 bits per heavy atom. The third-order valence-corrected chi connectivity index (χ3v) is 6.38. The van der Waals surface area contributed by atoms with Crippen LogP contribution in [-0.2, 0) is 16.8 Å². The quantitative estimate of drug-likeness (QED) is 0.258. The number of nitrogens with one attached hydrogen (secondary N) is 1. The van der Waals surface area contributed by atoms with Crippen LogP contribution in [-0.4, -0.2) is 32.6 Å². The van der Waals surface area contributed by atoms with E-state index in [0.717, 1.165) is 11.4 Å². The van der Waals surface area contributed by atoms with E-state index in [1.807, 2.05) is 11.5 Å². The number of benzene rings is 2. The van der Waals surface area contributed by atoms with Crippen molar-refractivity contribution in [3.63, 3.8) is 0 Å². The number of hydrazone groups is 1. The van der Waals surface area contributed by atoms with E-state index in [2.05, 4.69) is 65.8 Å². The summed E-state index contributed by atoms with van der Waals surface area (Å²) in [6.07, 6.45) is 1.43. The van der Waals surface area contributed by atoms with Crippen molar-refractivity contribution in [1.82, 2.24) is 20.2 Å². The second-order valence-electron chi connectivity index (χ2n) is 8.09. The Hall–Kier alpha value is -2.35. The van der Waals surface area contributed by atoms with Gasteiger partial charge in [-0.25, -0.2) is 5.43 Å². The third-order valence-electron chi connectivity index (χ3n) is 4.76. The van der Waals surface area contributed by atoms with Crippen molar-refractivity contribution in [2.24, 2.45) is 5.10 Å². The molecule has 0 bridgehead atoms. The van der Waals surface area contributed by atoms with E-state index in [-0.39, 0.29) is 17.1 Å². The normalized spacial score (nSPS) is 11.8. The van der Waals surface area contributed by atoms with Crippen molar-refractivity contribution in [2.45, 2.75) is 44.8 Å². The lowest BCUT2D eigenvalue weighted by Crippen LogP contribution is -2.20. The number of halogens is 2. The first-order valence-corrected chi connectivity index (χ1v) is 11.9. The monoisotopic (exact) mass is 489 g/mol. The number of nitrogens with zero attached hydrogens (tertiary/aromatic N) is 4. The summed E-state index contributed by atoms with van der Waals surface area (Å²) in [5.74, 6) is 0.660. The molecule has 0 spiro atoms. The van der Waals surface area contributed by atoms with E-state index < -0.39 is 0 Å². The molecule has 0 saturated carbocycles. The molecular formula is C23H25Cl2N5OS.